The van der Waals surface area contributed by atoms with Gasteiger partial charge in [0.2, 0.25) is 5.91 Å². The number of hydrogen-bond donors (Lipinski definition) is 1. The van der Waals surface area contributed by atoms with Gasteiger partial charge in [-0.2, -0.15) is 5.10 Å². The maximum absolute atomic E-state index is 12.5. The fourth-order valence-electron chi connectivity index (χ4n) is 3.12. The van der Waals surface area contributed by atoms with Crippen LogP contribution in [0.25, 0.3) is 6.08 Å². The Morgan fingerprint density at radius 3 is 2.45 bits per heavy atom. The monoisotopic (exact) mass is 437 g/mol. The average molecular weight is 438 g/mol. The lowest BCUT2D eigenvalue weighted by Crippen LogP contribution is -2.33. The van der Waals surface area contributed by atoms with Crippen LogP contribution in [-0.4, -0.2) is 28.8 Å². The molecule has 2 aromatic carbocycles. The molecule has 1 unspecified atom stereocenters. The van der Waals surface area contributed by atoms with Crippen molar-refractivity contribution in [2.75, 3.05) is 7.11 Å². The summed E-state index contributed by atoms with van der Waals surface area (Å²) in [4.78, 5) is 24.6. The molecule has 0 aliphatic carbocycles. The van der Waals surface area contributed by atoms with Crippen molar-refractivity contribution in [1.82, 2.24) is 15.1 Å². The Hall–Kier alpha value is -3.38. The van der Waals surface area contributed by atoms with Crippen molar-refractivity contribution in [3.8, 4) is 0 Å². The maximum atomic E-state index is 12.5. The van der Waals surface area contributed by atoms with E-state index in [-0.39, 0.29) is 0 Å². The minimum absolute atomic E-state index is 0.440. The zero-order chi connectivity index (χ0) is 22.4. The number of rotatable bonds is 7. The zero-order valence-corrected chi connectivity index (χ0v) is 18.4. The molecular formula is C24H24ClN3O3. The van der Waals surface area contributed by atoms with E-state index >= 15 is 0 Å². The van der Waals surface area contributed by atoms with Crippen LogP contribution in [0.1, 0.15) is 34.0 Å². The van der Waals surface area contributed by atoms with Gasteiger partial charge in [0.15, 0.2) is 6.04 Å². The van der Waals surface area contributed by atoms with Gasteiger partial charge in [0, 0.05) is 11.6 Å². The number of carbonyl (C=O) groups excluding carboxylic acids is 2. The van der Waals surface area contributed by atoms with Gasteiger partial charge in [-0.15, -0.1) is 0 Å². The van der Waals surface area contributed by atoms with E-state index in [4.69, 9.17) is 16.3 Å². The Morgan fingerprint density at radius 1 is 1.13 bits per heavy atom. The number of benzene rings is 2. The van der Waals surface area contributed by atoms with Gasteiger partial charge < -0.3 is 10.1 Å². The summed E-state index contributed by atoms with van der Waals surface area (Å²) in [5, 5.41) is 7.60. The van der Waals surface area contributed by atoms with Crippen molar-refractivity contribution in [2.24, 2.45) is 0 Å². The van der Waals surface area contributed by atoms with E-state index in [1.807, 2.05) is 44.2 Å². The quantitative estimate of drug-likeness (QED) is 0.443. The van der Waals surface area contributed by atoms with Crippen molar-refractivity contribution in [3.05, 3.63) is 93.8 Å². The van der Waals surface area contributed by atoms with E-state index in [1.165, 1.54) is 18.7 Å². The Balaban J connectivity index is 1.74. The highest BCUT2D eigenvalue weighted by molar-refractivity contribution is 6.31. The van der Waals surface area contributed by atoms with Crippen LogP contribution in [0.3, 0.4) is 0 Å². The molecule has 0 aliphatic heterocycles. The number of hydrogen-bond acceptors (Lipinski definition) is 4. The number of ether oxygens (including phenoxy) is 1. The summed E-state index contributed by atoms with van der Waals surface area (Å²) in [6.07, 6.45) is 2.94. The van der Waals surface area contributed by atoms with Crippen molar-refractivity contribution < 1.29 is 14.3 Å². The standard InChI is InChI=1S/C24H24ClN3O3/c1-16-9-11-18(12-10-16)15-28-23(25)20(17(2)27-28)13-14-21(29)26-22(24(30)31-3)19-7-5-4-6-8-19/h4-14,22H,15H2,1-3H3,(H,26,29)/b14-13+. The Labute approximate surface area is 186 Å². The summed E-state index contributed by atoms with van der Waals surface area (Å²) in [5.41, 5.74) is 4.25. The summed E-state index contributed by atoms with van der Waals surface area (Å²) >= 11 is 6.51. The third kappa shape index (κ3) is 5.61. The molecule has 1 aromatic heterocycles. The lowest BCUT2D eigenvalue weighted by atomic mass is 10.1. The van der Waals surface area contributed by atoms with E-state index < -0.39 is 17.9 Å². The molecule has 0 spiro atoms. The molecule has 1 N–H and O–H groups in total. The van der Waals surface area contributed by atoms with Crippen LogP contribution < -0.4 is 5.32 Å². The molecule has 31 heavy (non-hydrogen) atoms. The highest BCUT2D eigenvalue weighted by atomic mass is 35.5. The molecule has 0 bridgehead atoms. The van der Waals surface area contributed by atoms with Crippen LogP contribution in [0.2, 0.25) is 5.15 Å². The van der Waals surface area contributed by atoms with Gasteiger partial charge in [-0.25, -0.2) is 9.48 Å². The van der Waals surface area contributed by atoms with Crippen LogP contribution in [0.4, 0.5) is 0 Å². The number of nitrogens with one attached hydrogen (secondary N) is 1. The smallest absolute Gasteiger partial charge is 0.333 e. The molecule has 1 heterocycles. The fourth-order valence-corrected chi connectivity index (χ4v) is 3.42. The van der Waals surface area contributed by atoms with Crippen molar-refractivity contribution in [2.45, 2.75) is 26.4 Å². The van der Waals surface area contributed by atoms with Gasteiger partial charge in [0.05, 0.1) is 19.3 Å². The maximum Gasteiger partial charge on any atom is 0.333 e. The molecule has 0 radical (unpaired) electrons. The third-order valence-corrected chi connectivity index (χ3v) is 5.22. The molecule has 0 saturated carbocycles. The predicted molar refractivity (Wildman–Crippen MR) is 121 cm³/mol. The topological polar surface area (TPSA) is 73.2 Å². The Bertz CT molecular complexity index is 1090. The molecule has 3 rings (SSSR count). The van der Waals surface area contributed by atoms with Gasteiger partial charge in [0.1, 0.15) is 5.15 Å². The van der Waals surface area contributed by atoms with Crippen molar-refractivity contribution >= 4 is 29.6 Å². The first-order valence-corrected chi connectivity index (χ1v) is 10.2. The number of esters is 1. The summed E-state index contributed by atoms with van der Waals surface area (Å²) < 4.78 is 6.52. The van der Waals surface area contributed by atoms with E-state index in [0.717, 1.165) is 5.56 Å². The van der Waals surface area contributed by atoms with E-state index in [1.54, 1.807) is 35.0 Å². The molecule has 1 amide bonds. The number of methoxy groups -OCH3 is 1. The second-order valence-corrected chi connectivity index (χ2v) is 7.50. The van der Waals surface area contributed by atoms with Crippen LogP contribution in [-0.2, 0) is 20.9 Å². The molecule has 0 aliphatic rings. The molecular weight excluding hydrogens is 414 g/mol. The number of nitrogens with zero attached hydrogens (tertiary/aromatic N) is 2. The van der Waals surface area contributed by atoms with Gasteiger partial charge in [-0.3, -0.25) is 4.79 Å². The first kappa shape index (κ1) is 22.3. The lowest BCUT2D eigenvalue weighted by Gasteiger charge is -2.15. The second-order valence-electron chi connectivity index (χ2n) is 7.14. The summed E-state index contributed by atoms with van der Waals surface area (Å²) in [6, 6.07) is 16.2. The molecule has 160 valence electrons. The van der Waals surface area contributed by atoms with Crippen molar-refractivity contribution in [3.63, 3.8) is 0 Å². The van der Waals surface area contributed by atoms with Crippen LogP contribution in [0.5, 0.6) is 0 Å². The SMILES string of the molecule is COC(=O)C(NC(=O)/C=C/c1c(C)nn(Cc2ccc(C)cc2)c1Cl)c1ccccc1. The predicted octanol–water partition coefficient (Wildman–Crippen LogP) is 4.25. The number of amides is 1. The number of carbonyl (C=O) groups is 2. The second kappa shape index (κ2) is 10.1. The molecule has 7 heteroatoms. The third-order valence-electron chi connectivity index (χ3n) is 4.82. The molecule has 3 aromatic rings. The van der Waals surface area contributed by atoms with E-state index in [9.17, 15) is 9.59 Å². The summed E-state index contributed by atoms with van der Waals surface area (Å²) in [6.45, 7) is 4.39. The first-order chi connectivity index (χ1) is 14.9. The summed E-state index contributed by atoms with van der Waals surface area (Å²) in [7, 11) is 1.28. The highest BCUT2D eigenvalue weighted by Gasteiger charge is 2.22. The zero-order valence-electron chi connectivity index (χ0n) is 17.6. The van der Waals surface area contributed by atoms with Gasteiger partial charge in [0.25, 0.3) is 0 Å². The largest absolute Gasteiger partial charge is 0.467 e. The first-order valence-electron chi connectivity index (χ1n) is 9.79. The van der Waals surface area contributed by atoms with Gasteiger partial charge >= 0.3 is 5.97 Å². The normalized spacial score (nSPS) is 12.0. The minimum Gasteiger partial charge on any atom is -0.467 e. The highest BCUT2D eigenvalue weighted by Crippen LogP contribution is 2.22. The molecule has 6 nitrogen and oxygen atoms in total. The molecule has 0 fully saturated rings. The number of aryl methyl sites for hydroxylation is 2. The van der Waals surface area contributed by atoms with Gasteiger partial charge in [-0.05, 0) is 31.1 Å². The lowest BCUT2D eigenvalue weighted by molar-refractivity contribution is -0.144. The Kier molecular flexibility index (Phi) is 7.26. The number of aromatic nitrogens is 2. The van der Waals surface area contributed by atoms with Crippen LogP contribution >= 0.6 is 11.6 Å². The van der Waals surface area contributed by atoms with E-state index in [0.29, 0.717) is 28.5 Å². The molecule has 1 atom stereocenters. The molecule has 0 saturated heterocycles. The van der Waals surface area contributed by atoms with Crippen LogP contribution in [0.15, 0.2) is 60.7 Å². The van der Waals surface area contributed by atoms with E-state index in [2.05, 4.69) is 10.4 Å². The fraction of sp³-hybridized carbons (Fsp3) is 0.208. The van der Waals surface area contributed by atoms with Crippen LogP contribution in [0, 0.1) is 13.8 Å². The van der Waals surface area contributed by atoms with Gasteiger partial charge in [-0.1, -0.05) is 71.8 Å². The number of halogens is 1. The Morgan fingerprint density at radius 2 is 1.81 bits per heavy atom. The summed E-state index contributed by atoms with van der Waals surface area (Å²) in [5.74, 6) is -0.992. The average Bonchev–Trinajstić information content (AvgIpc) is 3.04. The van der Waals surface area contributed by atoms with Crippen molar-refractivity contribution in [1.29, 1.82) is 0 Å². The minimum atomic E-state index is -0.899.